The van der Waals surface area contributed by atoms with E-state index >= 15 is 0 Å². The summed E-state index contributed by atoms with van der Waals surface area (Å²) in [6.45, 7) is 1.48. The number of hydrogen-bond donors (Lipinski definition) is 1. The number of halogens is 2. The molecule has 0 aromatic carbocycles. The van der Waals surface area contributed by atoms with Crippen LogP contribution >= 0.6 is 0 Å². The number of rotatable bonds is 3. The average Bonchev–Trinajstić information content (AvgIpc) is 2.56. The van der Waals surface area contributed by atoms with E-state index in [-0.39, 0.29) is 18.3 Å². The van der Waals surface area contributed by atoms with Crippen LogP contribution in [0.2, 0.25) is 0 Å². The van der Waals surface area contributed by atoms with Crippen LogP contribution in [0, 0.1) is 23.7 Å². The second-order valence-corrected chi connectivity index (χ2v) is 7.49. The second kappa shape index (κ2) is 8.04. The second-order valence-electron chi connectivity index (χ2n) is 7.49. The van der Waals surface area contributed by atoms with Gasteiger partial charge in [0.05, 0.1) is 19.3 Å². The first kappa shape index (κ1) is 17.3. The molecule has 0 amide bonds. The first-order valence-electron chi connectivity index (χ1n) is 9.06. The molecule has 1 saturated heterocycles. The van der Waals surface area contributed by atoms with E-state index in [1.165, 1.54) is 0 Å². The highest BCUT2D eigenvalue weighted by atomic mass is 19.3. The van der Waals surface area contributed by atoms with E-state index in [0.717, 1.165) is 70.7 Å². The van der Waals surface area contributed by atoms with Crippen molar-refractivity contribution >= 4 is 0 Å². The van der Waals surface area contributed by atoms with Crippen LogP contribution in [-0.2, 0) is 9.47 Å². The Kier molecular flexibility index (Phi) is 6.05. The zero-order chi connectivity index (χ0) is 16.2. The van der Waals surface area contributed by atoms with E-state index in [4.69, 9.17) is 9.47 Å². The van der Waals surface area contributed by atoms with Gasteiger partial charge in [0.25, 0.3) is 6.08 Å². The van der Waals surface area contributed by atoms with Gasteiger partial charge < -0.3 is 14.6 Å². The summed E-state index contributed by atoms with van der Waals surface area (Å²) < 4.78 is 36.6. The van der Waals surface area contributed by atoms with Crippen molar-refractivity contribution in [1.82, 2.24) is 0 Å². The summed E-state index contributed by atoms with van der Waals surface area (Å²) in [5.41, 5.74) is 0. The Labute approximate surface area is 137 Å². The van der Waals surface area contributed by atoms with E-state index in [0.29, 0.717) is 17.8 Å². The molecule has 5 heteroatoms. The minimum Gasteiger partial charge on any atom is -0.393 e. The number of ether oxygens (including phenoxy) is 2. The molecule has 0 spiro atoms. The smallest absolute Gasteiger partial charge is 0.266 e. The Hall–Kier alpha value is -0.520. The van der Waals surface area contributed by atoms with Crippen LogP contribution < -0.4 is 0 Å². The van der Waals surface area contributed by atoms with Gasteiger partial charge in [-0.2, -0.15) is 8.78 Å². The standard InChI is InChI=1S/C18H28F2O3/c19-17(20)9-12-1-3-14(4-2-12)18-22-10-15(11-23-18)13-5-7-16(21)8-6-13/h9,12-16,18,21H,1-8,10-11H2. The monoisotopic (exact) mass is 330 g/mol. The topological polar surface area (TPSA) is 38.7 Å². The predicted octanol–water partition coefficient (Wildman–Crippen LogP) is 4.11. The molecular formula is C18H28F2O3. The molecule has 3 rings (SSSR count). The third-order valence-electron chi connectivity index (χ3n) is 5.92. The fraction of sp³-hybridized carbons (Fsp3) is 0.889. The number of aliphatic hydroxyl groups excluding tert-OH is 1. The highest BCUT2D eigenvalue weighted by Gasteiger charge is 2.35. The van der Waals surface area contributed by atoms with E-state index in [9.17, 15) is 13.9 Å². The van der Waals surface area contributed by atoms with Gasteiger partial charge in [-0.3, -0.25) is 0 Å². The van der Waals surface area contributed by atoms with Gasteiger partial charge in [-0.05, 0) is 69.3 Å². The van der Waals surface area contributed by atoms with Gasteiger partial charge in [-0.1, -0.05) is 0 Å². The van der Waals surface area contributed by atoms with Gasteiger partial charge in [0.2, 0.25) is 0 Å². The van der Waals surface area contributed by atoms with Crippen molar-refractivity contribution in [2.24, 2.45) is 23.7 Å². The quantitative estimate of drug-likeness (QED) is 0.846. The first-order chi connectivity index (χ1) is 11.1. The summed E-state index contributed by atoms with van der Waals surface area (Å²) in [6.07, 6.45) is 6.60. The van der Waals surface area contributed by atoms with Gasteiger partial charge in [0.1, 0.15) is 0 Å². The Morgan fingerprint density at radius 1 is 0.783 bits per heavy atom. The van der Waals surface area contributed by atoms with Gasteiger partial charge in [0, 0.05) is 11.8 Å². The molecule has 3 aliphatic rings. The molecule has 0 unspecified atom stereocenters. The number of allylic oxidation sites excluding steroid dienone is 1. The molecule has 3 nitrogen and oxygen atoms in total. The summed E-state index contributed by atoms with van der Waals surface area (Å²) >= 11 is 0. The van der Waals surface area contributed by atoms with Crippen molar-refractivity contribution in [1.29, 1.82) is 0 Å². The molecule has 0 bridgehead atoms. The summed E-state index contributed by atoms with van der Waals surface area (Å²) in [4.78, 5) is 0. The first-order valence-corrected chi connectivity index (χ1v) is 9.06. The van der Waals surface area contributed by atoms with Crippen molar-refractivity contribution < 1.29 is 23.4 Å². The molecule has 132 valence electrons. The zero-order valence-electron chi connectivity index (χ0n) is 13.6. The summed E-state index contributed by atoms with van der Waals surface area (Å²) in [7, 11) is 0. The van der Waals surface area contributed by atoms with E-state index in [1.54, 1.807) is 0 Å². The SMILES string of the molecule is OC1CCC(C2COC(C3CCC(C=C(F)F)CC3)OC2)CC1. The molecule has 1 aliphatic heterocycles. The average molecular weight is 330 g/mol. The van der Waals surface area contributed by atoms with Gasteiger partial charge in [-0.25, -0.2) is 0 Å². The molecule has 23 heavy (non-hydrogen) atoms. The van der Waals surface area contributed by atoms with Crippen molar-refractivity contribution in [3.63, 3.8) is 0 Å². The van der Waals surface area contributed by atoms with Crippen molar-refractivity contribution in [2.45, 2.75) is 63.8 Å². The van der Waals surface area contributed by atoms with Crippen LogP contribution in [0.25, 0.3) is 0 Å². The fourth-order valence-electron chi connectivity index (χ4n) is 4.41. The molecule has 2 aliphatic carbocycles. The Bertz CT molecular complexity index is 387. The third kappa shape index (κ3) is 4.74. The van der Waals surface area contributed by atoms with E-state index < -0.39 is 6.08 Å². The third-order valence-corrected chi connectivity index (χ3v) is 5.92. The minimum atomic E-state index is -1.56. The lowest BCUT2D eigenvalue weighted by Crippen LogP contribution is -2.41. The molecule has 3 fully saturated rings. The van der Waals surface area contributed by atoms with Gasteiger partial charge in [0.15, 0.2) is 6.29 Å². The van der Waals surface area contributed by atoms with Gasteiger partial charge in [-0.15, -0.1) is 0 Å². The molecular weight excluding hydrogens is 302 g/mol. The minimum absolute atomic E-state index is 0.0151. The van der Waals surface area contributed by atoms with Crippen molar-refractivity contribution in [3.05, 3.63) is 12.2 Å². The maximum atomic E-state index is 12.3. The molecule has 0 radical (unpaired) electrons. The molecule has 0 aromatic heterocycles. The van der Waals surface area contributed by atoms with Crippen LogP contribution in [-0.4, -0.2) is 30.7 Å². The predicted molar refractivity (Wildman–Crippen MR) is 82.9 cm³/mol. The summed E-state index contributed by atoms with van der Waals surface area (Å²) in [6, 6.07) is 0. The van der Waals surface area contributed by atoms with Crippen molar-refractivity contribution in [3.8, 4) is 0 Å². The van der Waals surface area contributed by atoms with E-state index in [1.807, 2.05) is 0 Å². The van der Waals surface area contributed by atoms with Crippen LogP contribution in [0.1, 0.15) is 51.4 Å². The maximum Gasteiger partial charge on any atom is 0.266 e. The molecule has 0 atom stereocenters. The molecule has 2 saturated carbocycles. The lowest BCUT2D eigenvalue weighted by Gasteiger charge is -2.40. The van der Waals surface area contributed by atoms with Crippen molar-refractivity contribution in [2.75, 3.05) is 13.2 Å². The number of hydrogen-bond acceptors (Lipinski definition) is 3. The van der Waals surface area contributed by atoms with Crippen LogP contribution in [0.4, 0.5) is 8.78 Å². The normalized spacial score (nSPS) is 42.2. The zero-order valence-corrected chi connectivity index (χ0v) is 13.6. The number of aliphatic hydroxyl groups is 1. The van der Waals surface area contributed by atoms with Crippen LogP contribution in [0.15, 0.2) is 12.2 Å². The highest BCUT2D eigenvalue weighted by Crippen LogP contribution is 2.37. The largest absolute Gasteiger partial charge is 0.393 e. The fourth-order valence-corrected chi connectivity index (χ4v) is 4.41. The van der Waals surface area contributed by atoms with E-state index in [2.05, 4.69) is 0 Å². The van der Waals surface area contributed by atoms with Gasteiger partial charge >= 0.3 is 0 Å². The Morgan fingerprint density at radius 3 is 1.91 bits per heavy atom. The van der Waals surface area contributed by atoms with Crippen LogP contribution in [0.3, 0.4) is 0 Å². The van der Waals surface area contributed by atoms with Crippen LogP contribution in [0.5, 0.6) is 0 Å². The summed E-state index contributed by atoms with van der Waals surface area (Å²) in [5.74, 6) is 1.41. The maximum absolute atomic E-state index is 12.3. The molecule has 0 aromatic rings. The Balaban J connectivity index is 1.40. The molecule has 1 N–H and O–H groups in total. The summed E-state index contributed by atoms with van der Waals surface area (Å²) in [5, 5.41) is 9.60. The Morgan fingerprint density at radius 2 is 1.35 bits per heavy atom. The lowest BCUT2D eigenvalue weighted by atomic mass is 9.78. The molecule has 1 heterocycles. The highest BCUT2D eigenvalue weighted by molar-refractivity contribution is 4.91. The lowest BCUT2D eigenvalue weighted by molar-refractivity contribution is -0.237.